The molecule has 18 heavy (non-hydrogen) atoms. The Labute approximate surface area is 121 Å². The van der Waals surface area contributed by atoms with Gasteiger partial charge in [-0.1, -0.05) is 48.0 Å². The first-order valence-electron chi connectivity index (χ1n) is 5.92. The van der Waals surface area contributed by atoms with Crippen molar-refractivity contribution in [3.05, 3.63) is 68.3 Å². The number of Topliss-reactive ketones (excluding diaryl/α,β-unsaturated/α-hetero) is 1. The van der Waals surface area contributed by atoms with Crippen LogP contribution in [-0.4, -0.2) is 5.78 Å². The lowest BCUT2D eigenvalue weighted by Crippen LogP contribution is -2.06. The topological polar surface area (TPSA) is 17.1 Å². The molecule has 0 saturated carbocycles. The predicted molar refractivity (Wildman–Crippen MR) is 83.1 cm³/mol. The summed E-state index contributed by atoms with van der Waals surface area (Å²) in [5, 5.41) is 0. The number of carbonyl (C=O) groups excluding carboxylic acids is 1. The SMILES string of the molecule is Cc1ccc(CC(=O)c2cccc(C)c2I)cc1. The van der Waals surface area contributed by atoms with E-state index in [0.29, 0.717) is 6.42 Å². The molecular weight excluding hydrogens is 335 g/mol. The summed E-state index contributed by atoms with van der Waals surface area (Å²) in [5.74, 6) is 0.187. The third kappa shape index (κ3) is 2.99. The first-order chi connectivity index (χ1) is 8.58. The average Bonchev–Trinajstić information content (AvgIpc) is 2.35. The minimum absolute atomic E-state index is 0.187. The summed E-state index contributed by atoms with van der Waals surface area (Å²) in [4.78, 5) is 12.3. The van der Waals surface area contributed by atoms with Gasteiger partial charge in [-0.15, -0.1) is 0 Å². The van der Waals surface area contributed by atoms with E-state index >= 15 is 0 Å². The molecule has 0 aliphatic rings. The highest BCUT2D eigenvalue weighted by Crippen LogP contribution is 2.18. The molecule has 2 heteroatoms. The first-order valence-corrected chi connectivity index (χ1v) is 6.99. The van der Waals surface area contributed by atoms with E-state index in [4.69, 9.17) is 0 Å². The van der Waals surface area contributed by atoms with Gasteiger partial charge in [-0.25, -0.2) is 0 Å². The number of ketones is 1. The monoisotopic (exact) mass is 350 g/mol. The van der Waals surface area contributed by atoms with E-state index in [1.807, 2.05) is 49.4 Å². The van der Waals surface area contributed by atoms with Crippen molar-refractivity contribution in [2.75, 3.05) is 0 Å². The maximum Gasteiger partial charge on any atom is 0.168 e. The molecule has 0 saturated heterocycles. The molecule has 0 atom stereocenters. The van der Waals surface area contributed by atoms with Crippen LogP contribution < -0.4 is 0 Å². The largest absolute Gasteiger partial charge is 0.294 e. The van der Waals surface area contributed by atoms with Crippen LogP contribution >= 0.6 is 22.6 Å². The standard InChI is InChI=1S/C16H15IO/c1-11-6-8-13(9-7-11)10-15(18)14-5-3-4-12(2)16(14)17/h3-9H,10H2,1-2H3. The van der Waals surface area contributed by atoms with E-state index in [1.54, 1.807) is 0 Å². The van der Waals surface area contributed by atoms with E-state index in [2.05, 4.69) is 29.5 Å². The van der Waals surface area contributed by atoms with Crippen molar-refractivity contribution in [3.8, 4) is 0 Å². The molecule has 0 unspecified atom stereocenters. The molecule has 0 spiro atoms. The molecule has 92 valence electrons. The first kappa shape index (κ1) is 13.3. The van der Waals surface area contributed by atoms with Crippen LogP contribution in [-0.2, 0) is 6.42 Å². The third-order valence-electron chi connectivity index (χ3n) is 2.98. The van der Waals surface area contributed by atoms with Gasteiger partial charge in [0.15, 0.2) is 5.78 Å². The number of aryl methyl sites for hydroxylation is 2. The average molecular weight is 350 g/mol. The Morgan fingerprint density at radius 1 is 1.06 bits per heavy atom. The number of carbonyl (C=O) groups is 1. The Bertz CT molecular complexity index is 570. The van der Waals surface area contributed by atoms with Crippen molar-refractivity contribution in [2.45, 2.75) is 20.3 Å². The number of halogens is 1. The van der Waals surface area contributed by atoms with E-state index in [9.17, 15) is 4.79 Å². The van der Waals surface area contributed by atoms with E-state index in [1.165, 1.54) is 5.56 Å². The number of hydrogen-bond donors (Lipinski definition) is 0. The van der Waals surface area contributed by atoms with Crippen LogP contribution in [0.4, 0.5) is 0 Å². The van der Waals surface area contributed by atoms with Crippen molar-refractivity contribution in [1.29, 1.82) is 0 Å². The van der Waals surface area contributed by atoms with Gasteiger partial charge in [0.05, 0.1) is 0 Å². The van der Waals surface area contributed by atoms with Crippen molar-refractivity contribution < 1.29 is 4.79 Å². The molecule has 0 heterocycles. The molecule has 0 radical (unpaired) electrons. The Hall–Kier alpha value is -1.16. The molecule has 0 bridgehead atoms. The van der Waals surface area contributed by atoms with Gasteiger partial charge < -0.3 is 0 Å². The van der Waals surface area contributed by atoms with Crippen molar-refractivity contribution >= 4 is 28.4 Å². The van der Waals surface area contributed by atoms with Gasteiger partial charge in [-0.2, -0.15) is 0 Å². The van der Waals surface area contributed by atoms with Gasteiger partial charge in [0.25, 0.3) is 0 Å². The van der Waals surface area contributed by atoms with Crippen LogP contribution in [0, 0.1) is 17.4 Å². The normalized spacial score (nSPS) is 10.4. The van der Waals surface area contributed by atoms with E-state index < -0.39 is 0 Å². The summed E-state index contributed by atoms with van der Waals surface area (Å²) < 4.78 is 1.06. The van der Waals surface area contributed by atoms with Gasteiger partial charge in [0.1, 0.15) is 0 Å². The predicted octanol–water partition coefficient (Wildman–Crippen LogP) is 4.33. The quantitative estimate of drug-likeness (QED) is 0.595. The lowest BCUT2D eigenvalue weighted by Gasteiger charge is -2.06. The molecular formula is C16H15IO. The zero-order chi connectivity index (χ0) is 13.1. The minimum Gasteiger partial charge on any atom is -0.294 e. The fraction of sp³-hybridized carbons (Fsp3) is 0.188. The van der Waals surface area contributed by atoms with Crippen molar-refractivity contribution in [1.82, 2.24) is 0 Å². The maximum atomic E-state index is 12.3. The molecule has 1 nitrogen and oxygen atoms in total. The zero-order valence-corrected chi connectivity index (χ0v) is 12.7. The Balaban J connectivity index is 2.22. The molecule has 0 N–H and O–H groups in total. The number of hydrogen-bond acceptors (Lipinski definition) is 1. The van der Waals surface area contributed by atoms with Gasteiger partial charge in [-0.3, -0.25) is 4.79 Å². The van der Waals surface area contributed by atoms with Gasteiger partial charge in [0, 0.05) is 15.6 Å². The summed E-state index contributed by atoms with van der Waals surface area (Å²) in [7, 11) is 0. The summed E-state index contributed by atoms with van der Waals surface area (Å²) in [6.07, 6.45) is 0.472. The Morgan fingerprint density at radius 2 is 1.72 bits per heavy atom. The second-order valence-corrected chi connectivity index (χ2v) is 5.60. The molecule has 0 fully saturated rings. The molecule has 2 aromatic carbocycles. The lowest BCUT2D eigenvalue weighted by atomic mass is 10.0. The van der Waals surface area contributed by atoms with E-state index in [-0.39, 0.29) is 5.78 Å². The fourth-order valence-corrected chi connectivity index (χ4v) is 2.51. The third-order valence-corrected chi connectivity index (χ3v) is 4.41. The van der Waals surface area contributed by atoms with E-state index in [0.717, 1.165) is 20.3 Å². The summed E-state index contributed by atoms with van der Waals surface area (Å²) in [6, 6.07) is 14.0. The molecule has 0 aromatic heterocycles. The van der Waals surface area contributed by atoms with Crippen molar-refractivity contribution in [2.24, 2.45) is 0 Å². The van der Waals surface area contributed by atoms with Crippen molar-refractivity contribution in [3.63, 3.8) is 0 Å². The van der Waals surface area contributed by atoms with Crippen LogP contribution in [0.1, 0.15) is 27.0 Å². The second-order valence-electron chi connectivity index (χ2n) is 4.52. The summed E-state index contributed by atoms with van der Waals surface area (Å²) in [6.45, 7) is 4.08. The highest BCUT2D eigenvalue weighted by Gasteiger charge is 2.11. The maximum absolute atomic E-state index is 12.3. The molecule has 0 aliphatic heterocycles. The number of rotatable bonds is 3. The van der Waals surface area contributed by atoms with Gasteiger partial charge >= 0.3 is 0 Å². The minimum atomic E-state index is 0.187. The molecule has 2 aromatic rings. The number of benzene rings is 2. The zero-order valence-electron chi connectivity index (χ0n) is 10.5. The van der Waals surface area contributed by atoms with Gasteiger partial charge in [-0.05, 0) is 47.6 Å². The molecule has 0 amide bonds. The van der Waals surface area contributed by atoms with Crippen LogP contribution in [0.15, 0.2) is 42.5 Å². The van der Waals surface area contributed by atoms with Crippen LogP contribution in [0.5, 0.6) is 0 Å². The summed E-state index contributed by atoms with van der Waals surface area (Å²) >= 11 is 2.25. The smallest absolute Gasteiger partial charge is 0.168 e. The Morgan fingerprint density at radius 3 is 2.39 bits per heavy atom. The second kappa shape index (κ2) is 5.65. The van der Waals surface area contributed by atoms with Gasteiger partial charge in [0.2, 0.25) is 0 Å². The molecule has 2 rings (SSSR count). The lowest BCUT2D eigenvalue weighted by molar-refractivity contribution is 0.0992. The highest BCUT2D eigenvalue weighted by atomic mass is 127. The van der Waals surface area contributed by atoms with Crippen LogP contribution in [0.25, 0.3) is 0 Å². The highest BCUT2D eigenvalue weighted by molar-refractivity contribution is 14.1. The Kier molecular flexibility index (Phi) is 4.17. The fourth-order valence-electron chi connectivity index (χ4n) is 1.85. The summed E-state index contributed by atoms with van der Waals surface area (Å²) in [5.41, 5.74) is 4.28. The van der Waals surface area contributed by atoms with Crippen LogP contribution in [0.3, 0.4) is 0 Å². The molecule has 0 aliphatic carbocycles. The van der Waals surface area contributed by atoms with Crippen LogP contribution in [0.2, 0.25) is 0 Å².